The van der Waals surface area contributed by atoms with Crippen molar-refractivity contribution < 1.29 is 9.59 Å². The van der Waals surface area contributed by atoms with Gasteiger partial charge in [0.25, 0.3) is 0 Å². The summed E-state index contributed by atoms with van der Waals surface area (Å²) in [5, 5.41) is 4.64. The molecule has 2 N–H and O–H groups in total. The molecule has 1 aliphatic heterocycles. The van der Waals surface area contributed by atoms with Gasteiger partial charge in [0.1, 0.15) is 0 Å². The Hall–Kier alpha value is -3.34. The van der Waals surface area contributed by atoms with Crippen LogP contribution < -0.4 is 5.32 Å². The van der Waals surface area contributed by atoms with Crippen LogP contribution in [0.1, 0.15) is 71.3 Å². The van der Waals surface area contributed by atoms with Crippen molar-refractivity contribution in [1.82, 2.24) is 15.2 Å². The fraction of sp³-hybridized carbons (Fsp3) is 0.514. The first-order valence-electron chi connectivity index (χ1n) is 16.1. The molecule has 0 spiro atoms. The summed E-state index contributed by atoms with van der Waals surface area (Å²) < 4.78 is 0. The van der Waals surface area contributed by atoms with Crippen molar-refractivity contribution in [3.05, 3.63) is 71.4 Å². The Morgan fingerprint density at radius 1 is 1.00 bits per heavy atom. The molecule has 0 bridgehead atoms. The summed E-state index contributed by atoms with van der Waals surface area (Å²) >= 11 is 0. The highest BCUT2D eigenvalue weighted by atomic mass is 16.2. The van der Waals surface area contributed by atoms with Gasteiger partial charge in [-0.25, -0.2) is 0 Å². The molecular weight excluding hydrogens is 518 g/mol. The second-order valence-electron chi connectivity index (χ2n) is 14.2. The smallest absolute Gasteiger partial charge is 0.226 e. The zero-order valence-corrected chi connectivity index (χ0v) is 25.6. The molecule has 1 aromatic heterocycles. The van der Waals surface area contributed by atoms with E-state index in [1.165, 1.54) is 27.8 Å². The van der Waals surface area contributed by atoms with Gasteiger partial charge in [-0.1, -0.05) is 68.0 Å². The van der Waals surface area contributed by atoms with E-state index in [1.54, 1.807) is 0 Å². The number of para-hydroxylation sites is 1. The molecular formula is C37H45N3O2. The minimum absolute atomic E-state index is 0.0474. The fourth-order valence-electron chi connectivity index (χ4n) is 10.3. The van der Waals surface area contributed by atoms with Gasteiger partial charge in [-0.2, -0.15) is 0 Å². The summed E-state index contributed by atoms with van der Waals surface area (Å²) in [6, 6.07) is 19.0. The lowest BCUT2D eigenvalue weighted by Crippen LogP contribution is -2.55. The summed E-state index contributed by atoms with van der Waals surface area (Å²) in [5.74, 6) is 2.37. The number of carbonyl (C=O) groups is 2. The largest absolute Gasteiger partial charge is 0.356 e. The Bertz CT molecular complexity index is 1570. The fourth-order valence-corrected chi connectivity index (χ4v) is 10.3. The summed E-state index contributed by atoms with van der Waals surface area (Å²) in [4.78, 5) is 32.1. The molecule has 2 saturated carbocycles. The number of nitrogens with zero attached hydrogens (tertiary/aromatic N) is 1. The zero-order chi connectivity index (χ0) is 29.2. The van der Waals surface area contributed by atoms with E-state index in [0.29, 0.717) is 30.7 Å². The minimum Gasteiger partial charge on any atom is -0.356 e. The molecule has 220 valence electrons. The predicted octanol–water partition coefficient (Wildman–Crippen LogP) is 7.49. The highest BCUT2D eigenvalue weighted by Crippen LogP contribution is 2.66. The number of aromatic nitrogens is 1. The third-order valence-electron chi connectivity index (χ3n) is 12.2. The van der Waals surface area contributed by atoms with Gasteiger partial charge in [0.2, 0.25) is 11.8 Å². The van der Waals surface area contributed by atoms with Crippen molar-refractivity contribution in [2.45, 2.75) is 72.1 Å². The number of hydrogen-bond donors (Lipinski definition) is 2. The lowest BCUT2D eigenvalue weighted by Gasteiger charge is -2.59. The topological polar surface area (TPSA) is 65.2 Å². The number of allylic oxidation sites excluding steroid dienone is 2. The van der Waals surface area contributed by atoms with Crippen LogP contribution in [0.2, 0.25) is 0 Å². The van der Waals surface area contributed by atoms with E-state index in [2.05, 4.69) is 79.6 Å². The van der Waals surface area contributed by atoms with Crippen LogP contribution in [0.25, 0.3) is 22.2 Å². The maximum Gasteiger partial charge on any atom is 0.226 e. The molecule has 7 rings (SSSR count). The van der Waals surface area contributed by atoms with Crippen molar-refractivity contribution in [3.63, 3.8) is 0 Å². The summed E-state index contributed by atoms with van der Waals surface area (Å²) in [6.45, 7) is 7.76. The number of H-pyrrole nitrogens is 1. The molecule has 2 amide bonds. The average Bonchev–Trinajstić information content (AvgIpc) is 3.53. The third-order valence-corrected chi connectivity index (χ3v) is 12.2. The number of aromatic amines is 1. The van der Waals surface area contributed by atoms with Crippen molar-refractivity contribution in [3.8, 4) is 11.3 Å². The Morgan fingerprint density at radius 3 is 2.57 bits per heavy atom. The van der Waals surface area contributed by atoms with Crippen LogP contribution in [-0.2, 0) is 16.0 Å². The maximum atomic E-state index is 13.9. The van der Waals surface area contributed by atoms with E-state index in [9.17, 15) is 9.59 Å². The number of hydrogen-bond acceptors (Lipinski definition) is 2. The predicted molar refractivity (Wildman–Crippen MR) is 168 cm³/mol. The first-order valence-corrected chi connectivity index (χ1v) is 16.1. The monoisotopic (exact) mass is 563 g/mol. The maximum absolute atomic E-state index is 13.9. The van der Waals surface area contributed by atoms with Gasteiger partial charge in [-0.05, 0) is 92.2 Å². The van der Waals surface area contributed by atoms with Crippen LogP contribution in [0, 0.1) is 34.5 Å². The van der Waals surface area contributed by atoms with Crippen LogP contribution >= 0.6 is 0 Å². The number of benzene rings is 2. The van der Waals surface area contributed by atoms with Crippen molar-refractivity contribution >= 4 is 22.7 Å². The number of amides is 2. The zero-order valence-electron chi connectivity index (χ0n) is 25.6. The van der Waals surface area contributed by atoms with E-state index in [1.807, 2.05) is 18.0 Å². The van der Waals surface area contributed by atoms with Crippen molar-refractivity contribution in [1.29, 1.82) is 0 Å². The number of rotatable bonds is 5. The lowest BCUT2D eigenvalue weighted by molar-refractivity contribution is -0.138. The number of fused-ring (bicyclic) bond motifs is 6. The van der Waals surface area contributed by atoms with Crippen molar-refractivity contribution in [2.75, 3.05) is 13.6 Å². The Balaban J connectivity index is 1.08. The first-order chi connectivity index (χ1) is 20.2. The number of carbonyl (C=O) groups excluding carboxylic acids is 2. The molecule has 5 heteroatoms. The van der Waals surface area contributed by atoms with Crippen LogP contribution in [0.3, 0.4) is 0 Å². The average molecular weight is 564 g/mol. The van der Waals surface area contributed by atoms with Crippen molar-refractivity contribution in [2.24, 2.45) is 34.5 Å². The molecule has 2 aromatic carbocycles. The number of nitrogens with one attached hydrogen (secondary N) is 2. The second kappa shape index (κ2) is 10.1. The van der Waals surface area contributed by atoms with Gasteiger partial charge in [0.15, 0.2) is 0 Å². The van der Waals surface area contributed by atoms with Gasteiger partial charge in [-0.15, -0.1) is 0 Å². The van der Waals surface area contributed by atoms with E-state index in [4.69, 9.17) is 0 Å². The van der Waals surface area contributed by atoms with Crippen LogP contribution in [0.15, 0.2) is 65.9 Å². The standard InChI is InChI=1S/C37H45N3O2/c1-23-22-27-28-14-15-30(36(28,2)19-16-29(27)37(3)20-17-32(41)40(4)34(23)37)35(42)38-21-18-26-25-12-8-9-13-31(25)39-33(26)24-10-6-5-7-11-24/h5-13,27-30,39H,14-22H2,1-4H3,(H,38,42)/t27-,28-,29+,30?,36-,37+/m0/s1. The van der Waals surface area contributed by atoms with Gasteiger partial charge >= 0.3 is 0 Å². The van der Waals surface area contributed by atoms with E-state index < -0.39 is 0 Å². The summed E-state index contributed by atoms with van der Waals surface area (Å²) in [7, 11) is 1.99. The first kappa shape index (κ1) is 27.5. The molecule has 2 heterocycles. The number of likely N-dealkylation sites (tertiary alicyclic amines) is 1. The molecule has 4 aliphatic rings. The Kier molecular flexibility index (Phi) is 6.64. The SMILES string of the molecule is CC1=C2N(C)C(=O)CC[C@]2(C)[C@@H]2CC[C@]3(C)C(C(=O)NCCc4c(-c5ccccc5)[nH]c5ccccc45)CC[C@H]3[C@@H]2C1. The Morgan fingerprint density at radius 2 is 1.76 bits per heavy atom. The molecule has 1 saturated heterocycles. The molecule has 6 atom stereocenters. The van der Waals surface area contributed by atoms with E-state index in [0.717, 1.165) is 56.2 Å². The second-order valence-corrected chi connectivity index (χ2v) is 14.2. The van der Waals surface area contributed by atoms with Crippen LogP contribution in [0.5, 0.6) is 0 Å². The van der Waals surface area contributed by atoms with E-state index in [-0.39, 0.29) is 28.6 Å². The highest BCUT2D eigenvalue weighted by molar-refractivity contribution is 5.91. The van der Waals surface area contributed by atoms with Gasteiger partial charge in [-0.3, -0.25) is 9.59 Å². The molecule has 3 aromatic rings. The molecule has 3 aliphatic carbocycles. The van der Waals surface area contributed by atoms with Gasteiger partial charge in [0.05, 0.1) is 0 Å². The summed E-state index contributed by atoms with van der Waals surface area (Å²) in [5.41, 5.74) is 7.59. The molecule has 3 fully saturated rings. The number of piperidine rings is 1. The lowest BCUT2D eigenvalue weighted by atomic mass is 9.48. The molecule has 1 unspecified atom stereocenters. The van der Waals surface area contributed by atoms with Crippen LogP contribution in [0.4, 0.5) is 0 Å². The molecule has 0 radical (unpaired) electrons. The van der Waals surface area contributed by atoms with Crippen LogP contribution in [-0.4, -0.2) is 35.3 Å². The Labute approximate surface area is 250 Å². The van der Waals surface area contributed by atoms with Gasteiger partial charge < -0.3 is 15.2 Å². The van der Waals surface area contributed by atoms with E-state index >= 15 is 0 Å². The van der Waals surface area contributed by atoms with Gasteiger partial charge in [0, 0.05) is 53.6 Å². The quantitative estimate of drug-likeness (QED) is 0.338. The molecule has 42 heavy (non-hydrogen) atoms. The molecule has 5 nitrogen and oxygen atoms in total. The summed E-state index contributed by atoms with van der Waals surface area (Å²) in [6.07, 6.45) is 7.90. The minimum atomic E-state index is 0.0474. The highest BCUT2D eigenvalue weighted by Gasteiger charge is 2.61. The third kappa shape index (κ3) is 4.10. The normalized spacial score (nSPS) is 32.5.